The number of hydrogen-bond donors (Lipinski definition) is 1. The predicted molar refractivity (Wildman–Crippen MR) is 261 cm³/mol. The summed E-state index contributed by atoms with van der Waals surface area (Å²) in [5.74, 6) is 8.34. The maximum atomic E-state index is 11.9. The molecule has 0 spiro atoms. The second-order valence-electron chi connectivity index (χ2n) is 18.0. The molecule has 354 valence electrons. The molecule has 4 aromatic rings. The van der Waals surface area contributed by atoms with Crippen LogP contribution in [0.15, 0.2) is 48.8 Å². The van der Waals surface area contributed by atoms with Crippen molar-refractivity contribution >= 4 is 42.1 Å². The molecule has 2 aliphatic rings. The summed E-state index contributed by atoms with van der Waals surface area (Å²) in [7, 11) is 7.58. The average Bonchev–Trinajstić information content (AvgIpc) is 4.07. The molecule has 2 aromatic carbocycles. The Labute approximate surface area is 391 Å². The molecule has 15 heteroatoms. The number of nitrogens with one attached hydrogen (secondary N) is 1. The standard InChI is InChI=1S/C51H70N10O5/c1-8-37(2)61(44-19-9-10-20-44)50-48(59(6)36-64)32-52-51(54-50)53-46-26-21-40(31-49(46)65-7)47-34-60(56-55-47)43-24-22-42(23-25-43)57(4)27-30-66-29-12-11-16-39-17-13-18-41(35-63)45(39)33-58(5)38(3)15-14-28-62/h13,17-18,21,26,28,31-32,34-38,42-44H,8-10,12,14-15,19-20,22-25,27,29-30,33H2,1-7H3,(H,52,53,54)/t37-,38?,42-,43+/m0/s1. The van der Waals surface area contributed by atoms with Gasteiger partial charge in [-0.3, -0.25) is 14.5 Å². The predicted octanol–water partition coefficient (Wildman–Crippen LogP) is 8.11. The third-order valence-corrected chi connectivity index (χ3v) is 13.6. The lowest BCUT2D eigenvalue weighted by molar-refractivity contribution is -0.108. The first kappa shape index (κ1) is 49.7. The van der Waals surface area contributed by atoms with Crippen molar-refractivity contribution in [2.75, 3.05) is 63.1 Å². The smallest absolute Gasteiger partial charge is 0.229 e. The monoisotopic (exact) mass is 903 g/mol. The molecule has 15 nitrogen and oxygen atoms in total. The van der Waals surface area contributed by atoms with Crippen LogP contribution in [0.4, 0.5) is 23.1 Å². The summed E-state index contributed by atoms with van der Waals surface area (Å²) < 4.78 is 13.9. The minimum atomic E-state index is 0.208. The summed E-state index contributed by atoms with van der Waals surface area (Å²) >= 11 is 0. The molecule has 1 amide bonds. The number of carbonyl (C=O) groups is 3. The van der Waals surface area contributed by atoms with E-state index in [1.165, 1.54) is 12.8 Å². The Bertz CT molecular complexity index is 2260. The number of nitrogens with zero attached hydrogens (tertiary/aromatic N) is 9. The van der Waals surface area contributed by atoms with Crippen LogP contribution < -0.4 is 19.9 Å². The molecule has 2 atom stereocenters. The van der Waals surface area contributed by atoms with Crippen LogP contribution in [0.5, 0.6) is 5.75 Å². The van der Waals surface area contributed by atoms with Gasteiger partial charge in [-0.2, -0.15) is 4.98 Å². The normalized spacial score (nSPS) is 17.2. The number of aromatic nitrogens is 5. The zero-order valence-electron chi connectivity index (χ0n) is 40.1. The highest BCUT2D eigenvalue weighted by atomic mass is 16.5. The van der Waals surface area contributed by atoms with Crippen LogP contribution in [0.3, 0.4) is 0 Å². The van der Waals surface area contributed by atoms with Gasteiger partial charge in [0.05, 0.1) is 44.4 Å². The lowest BCUT2D eigenvalue weighted by Crippen LogP contribution is -2.42. The highest BCUT2D eigenvalue weighted by Gasteiger charge is 2.31. The maximum Gasteiger partial charge on any atom is 0.229 e. The second-order valence-corrected chi connectivity index (χ2v) is 18.0. The van der Waals surface area contributed by atoms with Gasteiger partial charge in [0.1, 0.15) is 29.7 Å². The Morgan fingerprint density at radius 2 is 1.76 bits per heavy atom. The quantitative estimate of drug-likeness (QED) is 0.0410. The van der Waals surface area contributed by atoms with Gasteiger partial charge in [0.25, 0.3) is 0 Å². The van der Waals surface area contributed by atoms with Crippen LogP contribution in [0.25, 0.3) is 11.3 Å². The molecule has 1 unspecified atom stereocenters. The zero-order valence-corrected chi connectivity index (χ0v) is 40.1. The van der Waals surface area contributed by atoms with Crippen molar-refractivity contribution in [1.29, 1.82) is 0 Å². The minimum absolute atomic E-state index is 0.208. The van der Waals surface area contributed by atoms with E-state index in [9.17, 15) is 14.4 Å². The van der Waals surface area contributed by atoms with E-state index in [2.05, 4.69) is 75.0 Å². The molecule has 2 aliphatic carbocycles. The summed E-state index contributed by atoms with van der Waals surface area (Å²) in [6, 6.07) is 13.1. The van der Waals surface area contributed by atoms with Gasteiger partial charge in [0.15, 0.2) is 5.82 Å². The van der Waals surface area contributed by atoms with E-state index in [1.807, 2.05) is 54.3 Å². The first-order valence-electron chi connectivity index (χ1n) is 23.8. The van der Waals surface area contributed by atoms with Crippen molar-refractivity contribution in [1.82, 2.24) is 34.8 Å². The van der Waals surface area contributed by atoms with Gasteiger partial charge in [0, 0.05) is 73.8 Å². The number of ether oxygens (including phenoxy) is 2. The summed E-state index contributed by atoms with van der Waals surface area (Å²) in [6.45, 7) is 9.10. The Kier molecular flexibility index (Phi) is 18.6. The van der Waals surface area contributed by atoms with Crippen LogP contribution in [-0.2, 0) is 20.9 Å². The lowest BCUT2D eigenvalue weighted by Gasteiger charge is -2.37. The van der Waals surface area contributed by atoms with Crippen molar-refractivity contribution in [3.05, 3.63) is 65.5 Å². The Morgan fingerprint density at radius 3 is 2.47 bits per heavy atom. The third kappa shape index (κ3) is 12.8. The van der Waals surface area contributed by atoms with Crippen LogP contribution in [0, 0.1) is 11.8 Å². The molecule has 6 rings (SSSR count). The number of carbonyl (C=O) groups excluding carboxylic acids is 3. The Morgan fingerprint density at radius 1 is 0.970 bits per heavy atom. The molecule has 0 bridgehead atoms. The number of anilines is 4. The molecule has 0 radical (unpaired) electrons. The van der Waals surface area contributed by atoms with E-state index < -0.39 is 0 Å². The summed E-state index contributed by atoms with van der Waals surface area (Å²) in [5.41, 5.74) is 5.50. The molecule has 2 heterocycles. The molecule has 0 aliphatic heterocycles. The maximum absolute atomic E-state index is 11.9. The van der Waals surface area contributed by atoms with E-state index >= 15 is 0 Å². The van der Waals surface area contributed by atoms with E-state index in [1.54, 1.807) is 25.3 Å². The largest absolute Gasteiger partial charge is 0.495 e. The van der Waals surface area contributed by atoms with Crippen molar-refractivity contribution in [3.8, 4) is 28.8 Å². The summed E-state index contributed by atoms with van der Waals surface area (Å²) in [6.07, 6.45) is 18.0. The molecule has 2 aromatic heterocycles. The van der Waals surface area contributed by atoms with Gasteiger partial charge in [-0.25, -0.2) is 9.67 Å². The van der Waals surface area contributed by atoms with Gasteiger partial charge in [-0.15, -0.1) is 5.10 Å². The highest BCUT2D eigenvalue weighted by Crippen LogP contribution is 2.38. The number of benzene rings is 2. The van der Waals surface area contributed by atoms with Crippen molar-refractivity contribution in [2.24, 2.45) is 0 Å². The minimum Gasteiger partial charge on any atom is -0.495 e. The van der Waals surface area contributed by atoms with Gasteiger partial charge in [-0.1, -0.05) is 55.0 Å². The van der Waals surface area contributed by atoms with Crippen molar-refractivity contribution < 1.29 is 23.9 Å². The molecule has 66 heavy (non-hydrogen) atoms. The zero-order chi connectivity index (χ0) is 47.0. The topological polar surface area (TPSA) is 151 Å². The highest BCUT2D eigenvalue weighted by molar-refractivity contribution is 5.82. The molecular formula is C51H70N10O5. The number of methoxy groups -OCH3 is 1. The third-order valence-electron chi connectivity index (χ3n) is 13.6. The average molecular weight is 903 g/mol. The van der Waals surface area contributed by atoms with Crippen molar-refractivity contribution in [3.63, 3.8) is 0 Å². The first-order chi connectivity index (χ1) is 32.1. The fraction of sp³-hybridized carbons (Fsp3) is 0.549. The van der Waals surface area contributed by atoms with Gasteiger partial charge in [0.2, 0.25) is 12.4 Å². The van der Waals surface area contributed by atoms with Gasteiger partial charge in [-0.05, 0) is 103 Å². The van der Waals surface area contributed by atoms with E-state index in [4.69, 9.17) is 14.5 Å². The molecule has 1 N–H and O–H groups in total. The Hall–Kier alpha value is -5.69. The van der Waals surface area contributed by atoms with Gasteiger partial charge >= 0.3 is 0 Å². The molecular weight excluding hydrogens is 833 g/mol. The van der Waals surface area contributed by atoms with E-state index in [0.717, 1.165) is 111 Å². The van der Waals surface area contributed by atoms with Crippen LogP contribution >= 0.6 is 0 Å². The number of likely N-dealkylation sites (N-methyl/N-ethyl adjacent to an activating group) is 1. The Balaban J connectivity index is 0.984. The number of aldehydes is 2. The van der Waals surface area contributed by atoms with Crippen LogP contribution in [-0.4, -0.2) is 126 Å². The van der Waals surface area contributed by atoms with Crippen LogP contribution in [0.2, 0.25) is 0 Å². The second kappa shape index (κ2) is 24.7. The van der Waals surface area contributed by atoms with E-state index in [0.29, 0.717) is 67.6 Å². The molecule has 2 fully saturated rings. The molecule has 0 saturated heterocycles. The fourth-order valence-corrected chi connectivity index (χ4v) is 9.19. The van der Waals surface area contributed by atoms with Crippen molar-refractivity contribution in [2.45, 2.75) is 135 Å². The first-order valence-corrected chi connectivity index (χ1v) is 23.8. The molecule has 2 saturated carbocycles. The lowest BCUT2D eigenvalue weighted by atomic mass is 9.90. The van der Waals surface area contributed by atoms with Crippen LogP contribution in [0.1, 0.15) is 125 Å². The number of hydrogen-bond acceptors (Lipinski definition) is 13. The SMILES string of the molecule is CC[C@H](C)N(c1nc(Nc2ccc(-c3cn([C@H]4CC[C@@H](N(C)CCOCCC#Cc5cccc(C=O)c5CN(C)C(C)CCC=O)CC4)nn3)cc2OC)ncc1N(C)C=O)C1CCCC1. The summed E-state index contributed by atoms with van der Waals surface area (Å²) in [4.78, 5) is 52.8. The fourth-order valence-electron chi connectivity index (χ4n) is 9.19. The summed E-state index contributed by atoms with van der Waals surface area (Å²) in [5, 5.41) is 12.5. The number of amides is 1. The van der Waals surface area contributed by atoms with E-state index in [-0.39, 0.29) is 18.1 Å². The number of rotatable bonds is 24. The van der Waals surface area contributed by atoms with Gasteiger partial charge < -0.3 is 34.3 Å².